The van der Waals surface area contributed by atoms with Crippen molar-refractivity contribution in [3.05, 3.63) is 35.5 Å². The summed E-state index contributed by atoms with van der Waals surface area (Å²) in [5, 5.41) is 0. The number of amides is 2. The lowest BCUT2D eigenvalue weighted by molar-refractivity contribution is -0.137. The van der Waals surface area contributed by atoms with Crippen LogP contribution in [0.2, 0.25) is 0 Å². The van der Waals surface area contributed by atoms with E-state index in [0.717, 1.165) is 30.8 Å². The lowest BCUT2D eigenvalue weighted by Gasteiger charge is -2.37. The number of piperidine rings is 1. The molecular weight excluding hydrogens is 392 g/mol. The second-order valence-corrected chi connectivity index (χ2v) is 9.41. The van der Waals surface area contributed by atoms with E-state index in [2.05, 4.69) is 32.6 Å². The maximum absolute atomic E-state index is 13.4. The van der Waals surface area contributed by atoms with Crippen molar-refractivity contribution in [2.45, 2.75) is 40.5 Å². The maximum atomic E-state index is 13.4. The van der Waals surface area contributed by atoms with Crippen molar-refractivity contribution in [2.75, 3.05) is 40.0 Å². The number of hydrogen-bond acceptors (Lipinski definition) is 5. The monoisotopic (exact) mass is 428 g/mol. The minimum atomic E-state index is -0.210. The molecule has 0 saturated carbocycles. The number of carbonyl (C=O) groups is 2. The molecule has 2 heterocycles. The summed E-state index contributed by atoms with van der Waals surface area (Å²) in [5.74, 6) is 1.78. The molecular formula is C25H36N2O4. The first-order chi connectivity index (χ1) is 14.8. The molecule has 2 amide bonds. The van der Waals surface area contributed by atoms with Gasteiger partial charge in [-0.2, -0.15) is 0 Å². The molecule has 6 nitrogen and oxygen atoms in total. The number of rotatable bonds is 9. The van der Waals surface area contributed by atoms with Gasteiger partial charge in [0.25, 0.3) is 11.8 Å². The van der Waals surface area contributed by atoms with E-state index >= 15 is 0 Å². The second-order valence-electron chi connectivity index (χ2n) is 9.41. The van der Waals surface area contributed by atoms with Gasteiger partial charge in [0.05, 0.1) is 12.2 Å². The normalized spacial score (nSPS) is 22.1. The quantitative estimate of drug-likeness (QED) is 0.442. The molecule has 2 atom stereocenters. The highest BCUT2D eigenvalue weighted by atomic mass is 16.5. The second kappa shape index (κ2) is 10.3. The topological polar surface area (TPSA) is 59.1 Å². The van der Waals surface area contributed by atoms with Crippen molar-refractivity contribution < 1.29 is 19.1 Å². The molecule has 0 bridgehead atoms. The average Bonchev–Trinajstić information content (AvgIpc) is 2.96. The Morgan fingerprint density at radius 3 is 2.26 bits per heavy atom. The third-order valence-electron chi connectivity index (χ3n) is 5.79. The molecule has 1 aromatic carbocycles. The van der Waals surface area contributed by atoms with Crippen molar-refractivity contribution in [2.24, 2.45) is 17.8 Å². The number of imide groups is 1. The van der Waals surface area contributed by atoms with E-state index in [-0.39, 0.29) is 11.8 Å². The summed E-state index contributed by atoms with van der Waals surface area (Å²) < 4.78 is 10.9. The fraction of sp³-hybridized carbons (Fsp3) is 0.600. The van der Waals surface area contributed by atoms with Crippen molar-refractivity contribution in [3.8, 4) is 5.75 Å². The first kappa shape index (κ1) is 23.3. The fourth-order valence-corrected chi connectivity index (χ4v) is 4.51. The number of methoxy groups -OCH3 is 1. The van der Waals surface area contributed by atoms with Crippen LogP contribution in [0.4, 0.5) is 0 Å². The van der Waals surface area contributed by atoms with Gasteiger partial charge >= 0.3 is 0 Å². The summed E-state index contributed by atoms with van der Waals surface area (Å²) in [4.78, 5) is 30.3. The molecule has 0 spiro atoms. The maximum Gasteiger partial charge on any atom is 0.277 e. The largest absolute Gasteiger partial charge is 0.493 e. The summed E-state index contributed by atoms with van der Waals surface area (Å²) in [7, 11) is 1.63. The van der Waals surface area contributed by atoms with Crippen LogP contribution < -0.4 is 4.74 Å². The zero-order valence-electron chi connectivity index (χ0n) is 19.5. The van der Waals surface area contributed by atoms with E-state index in [9.17, 15) is 9.59 Å². The van der Waals surface area contributed by atoms with Crippen LogP contribution in [0.1, 0.15) is 46.1 Å². The Hall–Kier alpha value is -2.34. The van der Waals surface area contributed by atoms with E-state index in [1.54, 1.807) is 7.11 Å². The van der Waals surface area contributed by atoms with E-state index in [0.29, 0.717) is 55.2 Å². The molecule has 1 saturated heterocycles. The Balaban J connectivity index is 1.93. The van der Waals surface area contributed by atoms with Crippen molar-refractivity contribution in [1.82, 2.24) is 9.80 Å². The average molecular weight is 429 g/mol. The molecule has 2 unspecified atom stereocenters. The zero-order chi connectivity index (χ0) is 22.5. The molecule has 1 aromatic rings. The number of ether oxygens (including phenoxy) is 2. The zero-order valence-corrected chi connectivity index (χ0v) is 19.5. The van der Waals surface area contributed by atoms with Crippen LogP contribution >= 0.6 is 0 Å². The number of hydrogen-bond donors (Lipinski definition) is 0. The summed E-state index contributed by atoms with van der Waals surface area (Å²) in [6.07, 6.45) is 1.77. The van der Waals surface area contributed by atoms with Gasteiger partial charge in [-0.1, -0.05) is 39.8 Å². The summed E-state index contributed by atoms with van der Waals surface area (Å²) in [6, 6.07) is 7.56. The summed E-state index contributed by atoms with van der Waals surface area (Å²) in [6.45, 7) is 11.7. The van der Waals surface area contributed by atoms with Crippen molar-refractivity contribution >= 4 is 17.4 Å². The van der Waals surface area contributed by atoms with Gasteiger partial charge in [0, 0.05) is 33.4 Å². The number of carbonyl (C=O) groups excluding carboxylic acids is 2. The van der Waals surface area contributed by atoms with E-state index in [4.69, 9.17) is 9.47 Å². The number of likely N-dealkylation sites (tertiary alicyclic amines) is 1. The lowest BCUT2D eigenvalue weighted by atomic mass is 9.91. The van der Waals surface area contributed by atoms with Gasteiger partial charge in [-0.05, 0) is 48.3 Å². The van der Waals surface area contributed by atoms with Gasteiger partial charge in [0.1, 0.15) is 11.4 Å². The Bertz CT molecular complexity index is 805. The predicted molar refractivity (Wildman–Crippen MR) is 121 cm³/mol. The first-order valence-electron chi connectivity index (χ1n) is 11.4. The standard InChI is InChI=1S/C25H36N2O4/c1-17(2)16-31-21-9-7-20(8-10-21)22-23(26-14-18(3)13-19(4)15-26)25(29)27(24(22)28)11-6-12-30-5/h7-10,17-19H,6,11-16H2,1-5H3. The van der Waals surface area contributed by atoms with Gasteiger partial charge in [-0.3, -0.25) is 14.5 Å². The first-order valence-corrected chi connectivity index (χ1v) is 11.4. The minimum absolute atomic E-state index is 0.183. The highest BCUT2D eigenvalue weighted by Gasteiger charge is 2.42. The third kappa shape index (κ3) is 5.48. The molecule has 2 aliphatic rings. The van der Waals surface area contributed by atoms with Gasteiger partial charge in [0.15, 0.2) is 0 Å². The van der Waals surface area contributed by atoms with Gasteiger partial charge < -0.3 is 14.4 Å². The highest BCUT2D eigenvalue weighted by molar-refractivity contribution is 6.35. The van der Waals surface area contributed by atoms with Crippen LogP contribution in [0.15, 0.2) is 30.0 Å². The van der Waals surface area contributed by atoms with Crippen LogP contribution in [-0.2, 0) is 14.3 Å². The highest BCUT2D eigenvalue weighted by Crippen LogP contribution is 2.35. The SMILES string of the molecule is COCCCN1C(=O)C(c2ccc(OCC(C)C)cc2)=C(N2CC(C)CC(C)C2)C1=O. The number of benzene rings is 1. The van der Waals surface area contributed by atoms with Crippen LogP contribution in [0.5, 0.6) is 5.75 Å². The molecule has 3 rings (SSSR count). The molecule has 6 heteroatoms. The predicted octanol–water partition coefficient (Wildman–Crippen LogP) is 3.82. The Morgan fingerprint density at radius 1 is 1.03 bits per heavy atom. The molecule has 0 aliphatic carbocycles. The number of nitrogens with zero attached hydrogens (tertiary/aromatic N) is 2. The molecule has 0 aromatic heterocycles. The minimum Gasteiger partial charge on any atom is -0.493 e. The smallest absolute Gasteiger partial charge is 0.277 e. The molecule has 31 heavy (non-hydrogen) atoms. The van der Waals surface area contributed by atoms with E-state index in [1.165, 1.54) is 4.90 Å². The van der Waals surface area contributed by atoms with Crippen molar-refractivity contribution in [3.63, 3.8) is 0 Å². The van der Waals surface area contributed by atoms with Crippen LogP contribution in [0, 0.1) is 17.8 Å². The molecule has 0 N–H and O–H groups in total. The lowest BCUT2D eigenvalue weighted by Crippen LogP contribution is -2.42. The molecule has 2 aliphatic heterocycles. The van der Waals surface area contributed by atoms with Gasteiger partial charge in [0.2, 0.25) is 0 Å². The molecule has 0 radical (unpaired) electrons. The fourth-order valence-electron chi connectivity index (χ4n) is 4.51. The summed E-state index contributed by atoms with van der Waals surface area (Å²) in [5.41, 5.74) is 1.83. The van der Waals surface area contributed by atoms with Crippen LogP contribution in [-0.4, -0.2) is 61.6 Å². The molecule has 1 fully saturated rings. The van der Waals surface area contributed by atoms with Crippen molar-refractivity contribution in [1.29, 1.82) is 0 Å². The Labute approximate surface area is 186 Å². The Morgan fingerprint density at radius 2 is 1.68 bits per heavy atom. The van der Waals surface area contributed by atoms with E-state index < -0.39 is 0 Å². The summed E-state index contributed by atoms with van der Waals surface area (Å²) >= 11 is 0. The van der Waals surface area contributed by atoms with Gasteiger partial charge in [-0.15, -0.1) is 0 Å². The van der Waals surface area contributed by atoms with Gasteiger partial charge in [-0.25, -0.2) is 0 Å². The van der Waals surface area contributed by atoms with Crippen LogP contribution in [0.25, 0.3) is 5.57 Å². The molecule has 170 valence electrons. The van der Waals surface area contributed by atoms with Crippen LogP contribution in [0.3, 0.4) is 0 Å². The third-order valence-corrected chi connectivity index (χ3v) is 5.79. The Kier molecular flexibility index (Phi) is 7.76. The van der Waals surface area contributed by atoms with E-state index in [1.807, 2.05) is 24.3 Å².